The number of hydrogen-bond acceptors (Lipinski definition) is 5. The molecule has 0 aromatic carbocycles. The summed E-state index contributed by atoms with van der Waals surface area (Å²) in [7, 11) is -3.12. The molecule has 16 heavy (non-hydrogen) atoms. The van der Waals surface area contributed by atoms with Crippen LogP contribution in [0.1, 0.15) is 11.6 Å². The third kappa shape index (κ3) is 2.06. The molecule has 0 N–H and O–H groups in total. The van der Waals surface area contributed by atoms with Gasteiger partial charge in [-0.25, -0.2) is 0 Å². The molecule has 0 saturated heterocycles. The highest BCUT2D eigenvalue weighted by Gasteiger charge is 2.28. The average molecular weight is 250 g/mol. The molecule has 0 aliphatic carbocycles. The summed E-state index contributed by atoms with van der Waals surface area (Å²) in [5.74, 6) is 1.05. The number of rotatable bonds is 3. The van der Waals surface area contributed by atoms with E-state index in [1.165, 1.54) is 7.11 Å². The predicted molar refractivity (Wildman–Crippen MR) is 51.2 cm³/mol. The van der Waals surface area contributed by atoms with Crippen LogP contribution in [-0.4, -0.2) is 41.1 Å². The number of fused-ring (bicyclic) bond motifs is 1. The first-order valence-corrected chi connectivity index (χ1v) is 5.96. The fourth-order valence-electron chi connectivity index (χ4n) is 1.62. The van der Waals surface area contributed by atoms with Crippen molar-refractivity contribution in [1.82, 2.24) is 19.1 Å². The minimum Gasteiger partial charge on any atom is -0.377 e. The van der Waals surface area contributed by atoms with E-state index in [1.54, 1.807) is 4.57 Å². The molecule has 2 rings (SSSR count). The summed E-state index contributed by atoms with van der Waals surface area (Å²) in [5, 5.41) is 7.65. The van der Waals surface area contributed by atoms with Gasteiger partial charge in [0.1, 0.15) is 12.4 Å². The smallest absolute Gasteiger partial charge is 0.375 e. The van der Waals surface area contributed by atoms with Gasteiger partial charge in [-0.1, -0.05) is 3.89 Å². The van der Waals surface area contributed by atoms with Crippen LogP contribution in [0, 0.1) is 0 Å². The molecular formula is C7H11FN4O3S. The number of aromatic nitrogens is 3. The summed E-state index contributed by atoms with van der Waals surface area (Å²) in [4.78, 5) is 0. The Labute approximate surface area is 92.2 Å². The maximum Gasteiger partial charge on any atom is 0.375 e. The maximum atomic E-state index is 12.7. The molecule has 0 unspecified atom stereocenters. The number of nitrogens with zero attached hydrogens (tertiary/aromatic N) is 4. The highest BCUT2D eigenvalue weighted by atomic mass is 32.3. The van der Waals surface area contributed by atoms with Crippen LogP contribution in [0.5, 0.6) is 0 Å². The third-order valence-electron chi connectivity index (χ3n) is 2.38. The Morgan fingerprint density at radius 1 is 1.44 bits per heavy atom. The van der Waals surface area contributed by atoms with E-state index in [-0.39, 0.29) is 13.1 Å². The minimum absolute atomic E-state index is 0.0839. The second-order valence-electron chi connectivity index (χ2n) is 3.39. The third-order valence-corrected chi connectivity index (χ3v) is 3.31. The lowest BCUT2D eigenvalue weighted by Crippen LogP contribution is -2.36. The zero-order valence-corrected chi connectivity index (χ0v) is 9.44. The van der Waals surface area contributed by atoms with Gasteiger partial charge in [-0.3, -0.25) is 0 Å². The first-order chi connectivity index (χ1) is 7.52. The van der Waals surface area contributed by atoms with Crippen molar-refractivity contribution >= 4 is 10.4 Å². The van der Waals surface area contributed by atoms with Crippen molar-refractivity contribution in [3.05, 3.63) is 11.6 Å². The summed E-state index contributed by atoms with van der Waals surface area (Å²) in [6.45, 7) is 0.635. The van der Waals surface area contributed by atoms with Gasteiger partial charge in [0.25, 0.3) is 0 Å². The topological polar surface area (TPSA) is 77.3 Å². The van der Waals surface area contributed by atoms with Gasteiger partial charge in [-0.2, -0.15) is 12.7 Å². The van der Waals surface area contributed by atoms with Crippen LogP contribution in [0.2, 0.25) is 0 Å². The highest BCUT2D eigenvalue weighted by molar-refractivity contribution is 7.83. The molecule has 0 bridgehead atoms. The van der Waals surface area contributed by atoms with Crippen LogP contribution in [0.25, 0.3) is 0 Å². The van der Waals surface area contributed by atoms with Gasteiger partial charge in [-0.05, 0) is 0 Å². The highest BCUT2D eigenvalue weighted by Crippen LogP contribution is 2.16. The summed E-state index contributed by atoms with van der Waals surface area (Å²) in [5.41, 5.74) is 0. The molecule has 0 spiro atoms. The monoisotopic (exact) mass is 250 g/mol. The van der Waals surface area contributed by atoms with Gasteiger partial charge in [0.2, 0.25) is 0 Å². The Hall–Kier alpha value is -1.06. The molecule has 2 heterocycles. The van der Waals surface area contributed by atoms with Gasteiger partial charge in [-0.15, -0.1) is 10.2 Å². The molecule has 1 aromatic heterocycles. The molecule has 1 aliphatic rings. The van der Waals surface area contributed by atoms with Gasteiger partial charge >= 0.3 is 10.4 Å². The van der Waals surface area contributed by atoms with Crippen molar-refractivity contribution in [2.45, 2.75) is 19.7 Å². The SMILES string of the molecule is COCc1nnc2n1CCN(S(=O)(=O)F)C2. The zero-order chi connectivity index (χ0) is 11.8. The van der Waals surface area contributed by atoms with Crippen LogP contribution in [0.4, 0.5) is 3.89 Å². The minimum atomic E-state index is -4.65. The number of hydrogen-bond donors (Lipinski definition) is 0. The van der Waals surface area contributed by atoms with Crippen molar-refractivity contribution in [2.75, 3.05) is 13.7 Å². The van der Waals surface area contributed by atoms with Crippen molar-refractivity contribution < 1.29 is 17.0 Å². The Morgan fingerprint density at radius 2 is 2.19 bits per heavy atom. The first kappa shape index (κ1) is 11.4. The summed E-state index contributed by atoms with van der Waals surface area (Å²) in [6, 6.07) is 0. The normalized spacial score (nSPS) is 17.4. The van der Waals surface area contributed by atoms with Crippen molar-refractivity contribution in [3.8, 4) is 0 Å². The summed E-state index contributed by atoms with van der Waals surface area (Å²) < 4.78 is 41.5. The van der Waals surface area contributed by atoms with Crippen LogP contribution in [0.3, 0.4) is 0 Å². The van der Waals surface area contributed by atoms with E-state index in [0.717, 1.165) is 4.31 Å². The molecule has 9 heteroatoms. The van der Waals surface area contributed by atoms with Crippen LogP contribution in [0.15, 0.2) is 0 Å². The predicted octanol–water partition coefficient (Wildman–Crippen LogP) is -0.546. The number of halogens is 1. The Kier molecular flexibility index (Phi) is 2.91. The largest absolute Gasteiger partial charge is 0.377 e. The molecule has 1 aliphatic heterocycles. The zero-order valence-electron chi connectivity index (χ0n) is 8.63. The molecular weight excluding hydrogens is 239 g/mol. The van der Waals surface area contributed by atoms with Crippen LogP contribution < -0.4 is 0 Å². The second kappa shape index (κ2) is 4.07. The van der Waals surface area contributed by atoms with Crippen LogP contribution in [-0.2, 0) is 34.8 Å². The number of ether oxygens (including phenoxy) is 1. The summed E-state index contributed by atoms with van der Waals surface area (Å²) in [6.07, 6.45) is 0. The van der Waals surface area contributed by atoms with E-state index < -0.39 is 10.4 Å². The fraction of sp³-hybridized carbons (Fsp3) is 0.714. The molecule has 0 atom stereocenters. The van der Waals surface area contributed by atoms with E-state index in [1.807, 2.05) is 0 Å². The van der Waals surface area contributed by atoms with E-state index in [2.05, 4.69) is 10.2 Å². The molecule has 90 valence electrons. The lowest BCUT2D eigenvalue weighted by Gasteiger charge is -2.23. The lowest BCUT2D eigenvalue weighted by atomic mass is 10.4. The van der Waals surface area contributed by atoms with E-state index >= 15 is 0 Å². The van der Waals surface area contributed by atoms with Gasteiger partial charge in [0, 0.05) is 20.2 Å². The quantitative estimate of drug-likeness (QED) is 0.673. The molecule has 0 saturated carbocycles. The molecule has 0 radical (unpaired) electrons. The average Bonchev–Trinajstić information content (AvgIpc) is 2.60. The van der Waals surface area contributed by atoms with Crippen molar-refractivity contribution in [2.24, 2.45) is 0 Å². The molecule has 0 fully saturated rings. The van der Waals surface area contributed by atoms with Crippen molar-refractivity contribution in [1.29, 1.82) is 0 Å². The van der Waals surface area contributed by atoms with E-state index in [9.17, 15) is 12.3 Å². The van der Waals surface area contributed by atoms with Gasteiger partial charge in [0.15, 0.2) is 5.82 Å². The lowest BCUT2D eigenvalue weighted by molar-refractivity contribution is 0.171. The molecule has 0 amide bonds. The Morgan fingerprint density at radius 3 is 2.81 bits per heavy atom. The molecule has 1 aromatic rings. The maximum absolute atomic E-state index is 12.7. The Balaban J connectivity index is 2.23. The second-order valence-corrected chi connectivity index (χ2v) is 4.73. The standard InChI is InChI=1S/C7H11FN4O3S/c1-15-5-7-10-9-6-4-11(16(8,13)14)2-3-12(6)7/h2-5H2,1H3. The fourth-order valence-corrected chi connectivity index (χ4v) is 2.19. The Bertz CT molecular complexity index is 486. The first-order valence-electron chi connectivity index (χ1n) is 4.62. The van der Waals surface area contributed by atoms with E-state index in [0.29, 0.717) is 24.8 Å². The van der Waals surface area contributed by atoms with Gasteiger partial charge in [0.05, 0.1) is 6.54 Å². The van der Waals surface area contributed by atoms with E-state index in [4.69, 9.17) is 4.74 Å². The van der Waals surface area contributed by atoms with Gasteiger partial charge < -0.3 is 9.30 Å². The number of methoxy groups -OCH3 is 1. The molecule has 7 nitrogen and oxygen atoms in total. The van der Waals surface area contributed by atoms with Crippen molar-refractivity contribution in [3.63, 3.8) is 0 Å². The van der Waals surface area contributed by atoms with Crippen LogP contribution >= 0.6 is 0 Å². The summed E-state index contributed by atoms with van der Waals surface area (Å²) >= 11 is 0.